The average molecular weight is 378 g/mol. The smallest absolute Gasteiger partial charge is 0.323 e. The molecule has 4 rings (SSSR count). The summed E-state index contributed by atoms with van der Waals surface area (Å²) >= 11 is 0. The van der Waals surface area contributed by atoms with Gasteiger partial charge in [-0.25, -0.2) is 4.79 Å². The molecule has 1 aromatic carbocycles. The third-order valence-corrected chi connectivity index (χ3v) is 5.22. The highest BCUT2D eigenvalue weighted by atomic mass is 16.5. The van der Waals surface area contributed by atoms with Gasteiger partial charge >= 0.3 is 6.03 Å². The van der Waals surface area contributed by atoms with Crippen LogP contribution in [0.3, 0.4) is 0 Å². The van der Waals surface area contributed by atoms with Crippen LogP contribution >= 0.6 is 0 Å². The fraction of sp³-hybridized carbons (Fsp3) is 0.409. The number of aromatic nitrogens is 2. The molecule has 1 saturated heterocycles. The Balaban J connectivity index is 1.28. The number of ether oxygens (including phenoxy) is 1. The van der Waals surface area contributed by atoms with E-state index in [-0.39, 0.29) is 6.03 Å². The molecule has 2 amide bonds. The first-order chi connectivity index (χ1) is 13.8. The minimum atomic E-state index is -0.120. The number of nitrogens with zero attached hydrogens (tertiary/aromatic N) is 3. The van der Waals surface area contributed by atoms with Crippen LogP contribution in [0.4, 0.5) is 10.6 Å². The van der Waals surface area contributed by atoms with Crippen molar-refractivity contribution in [3.05, 3.63) is 53.7 Å². The van der Waals surface area contributed by atoms with Gasteiger partial charge in [0.25, 0.3) is 0 Å². The largest absolute Gasteiger partial charge is 0.494 e. The van der Waals surface area contributed by atoms with Gasteiger partial charge < -0.3 is 9.64 Å². The summed E-state index contributed by atoms with van der Waals surface area (Å²) in [6.45, 7) is 2.21. The molecule has 1 aromatic heterocycles. The van der Waals surface area contributed by atoms with Crippen LogP contribution in [0.5, 0.6) is 5.75 Å². The Morgan fingerprint density at radius 2 is 2.07 bits per heavy atom. The second-order valence-electron chi connectivity index (χ2n) is 7.48. The van der Waals surface area contributed by atoms with Crippen molar-refractivity contribution < 1.29 is 9.53 Å². The molecule has 0 radical (unpaired) electrons. The number of piperidine rings is 1. The summed E-state index contributed by atoms with van der Waals surface area (Å²) in [7, 11) is 0. The molecular formula is C22H26N4O2. The first-order valence-electron chi connectivity index (χ1n) is 10.0. The van der Waals surface area contributed by atoms with Gasteiger partial charge in [0.2, 0.25) is 0 Å². The minimum absolute atomic E-state index is 0.120. The Labute approximate surface area is 165 Å². The van der Waals surface area contributed by atoms with E-state index in [4.69, 9.17) is 4.74 Å². The zero-order chi connectivity index (χ0) is 19.2. The number of benzene rings is 1. The van der Waals surface area contributed by atoms with Crippen LogP contribution in [0.25, 0.3) is 6.08 Å². The second kappa shape index (κ2) is 8.87. The van der Waals surface area contributed by atoms with Crippen molar-refractivity contribution in [1.29, 1.82) is 0 Å². The van der Waals surface area contributed by atoms with Gasteiger partial charge in [-0.3, -0.25) is 5.32 Å². The van der Waals surface area contributed by atoms with Crippen molar-refractivity contribution in [3.8, 4) is 5.75 Å². The number of carbonyl (C=O) groups is 1. The van der Waals surface area contributed by atoms with Crippen molar-refractivity contribution in [2.45, 2.75) is 32.1 Å². The maximum Gasteiger partial charge on any atom is 0.323 e. The van der Waals surface area contributed by atoms with Crippen LogP contribution in [0.1, 0.15) is 37.7 Å². The Morgan fingerprint density at radius 1 is 1.21 bits per heavy atom. The van der Waals surface area contributed by atoms with E-state index in [9.17, 15) is 4.79 Å². The number of hydrogen-bond acceptors (Lipinski definition) is 4. The number of hydrogen-bond donors (Lipinski definition) is 1. The molecular weight excluding hydrogens is 352 g/mol. The third-order valence-electron chi connectivity index (χ3n) is 5.22. The van der Waals surface area contributed by atoms with Gasteiger partial charge in [-0.15, -0.1) is 5.10 Å². The fourth-order valence-electron chi connectivity index (χ4n) is 3.38. The van der Waals surface area contributed by atoms with E-state index in [0.717, 1.165) is 43.1 Å². The standard InChI is InChI=1S/C22H26N4O2/c27-22(24-21-5-2-11-23-25-21)26-12-8-18(9-13-26)15-19-3-1-4-20(16-19)28-14-10-17-6-7-17/h1-5,11,15-17H,6-10,12-14H2,(H,24,25,27). The number of carbonyl (C=O) groups excluding carboxylic acids is 1. The third kappa shape index (κ3) is 5.31. The lowest BCUT2D eigenvalue weighted by atomic mass is 10.0. The minimum Gasteiger partial charge on any atom is -0.494 e. The van der Waals surface area contributed by atoms with Crippen molar-refractivity contribution >= 4 is 17.9 Å². The molecule has 6 heteroatoms. The Bertz CT molecular complexity index is 823. The predicted molar refractivity (Wildman–Crippen MR) is 109 cm³/mol. The van der Waals surface area contributed by atoms with Crippen LogP contribution in [0, 0.1) is 5.92 Å². The number of urea groups is 1. The maximum atomic E-state index is 12.3. The normalized spacial score (nSPS) is 16.6. The molecule has 28 heavy (non-hydrogen) atoms. The van der Waals surface area contributed by atoms with E-state index < -0.39 is 0 Å². The van der Waals surface area contributed by atoms with Gasteiger partial charge in [-0.1, -0.05) is 36.6 Å². The van der Waals surface area contributed by atoms with Gasteiger partial charge in [-0.05, 0) is 55.0 Å². The van der Waals surface area contributed by atoms with Gasteiger partial charge in [0.05, 0.1) is 6.61 Å². The number of rotatable bonds is 6. The molecule has 0 unspecified atom stereocenters. The quantitative estimate of drug-likeness (QED) is 0.811. The lowest BCUT2D eigenvalue weighted by Crippen LogP contribution is -2.39. The van der Waals surface area contributed by atoms with E-state index in [1.807, 2.05) is 17.0 Å². The molecule has 2 fully saturated rings. The fourth-order valence-corrected chi connectivity index (χ4v) is 3.38. The number of nitrogens with one attached hydrogen (secondary N) is 1. The summed E-state index contributed by atoms with van der Waals surface area (Å²) in [5, 5.41) is 10.5. The van der Waals surface area contributed by atoms with E-state index >= 15 is 0 Å². The van der Waals surface area contributed by atoms with E-state index in [0.29, 0.717) is 18.9 Å². The first-order valence-corrected chi connectivity index (χ1v) is 10.0. The van der Waals surface area contributed by atoms with Crippen LogP contribution in [0.2, 0.25) is 0 Å². The van der Waals surface area contributed by atoms with E-state index in [1.54, 1.807) is 18.3 Å². The lowest BCUT2D eigenvalue weighted by Gasteiger charge is -2.28. The molecule has 2 aromatic rings. The van der Waals surface area contributed by atoms with Gasteiger partial charge in [0, 0.05) is 19.3 Å². The first kappa shape index (κ1) is 18.5. The zero-order valence-electron chi connectivity index (χ0n) is 16.0. The van der Waals surface area contributed by atoms with E-state index in [2.05, 4.69) is 33.7 Å². The van der Waals surface area contributed by atoms with Crippen LogP contribution < -0.4 is 10.1 Å². The Morgan fingerprint density at radius 3 is 2.82 bits per heavy atom. The van der Waals surface area contributed by atoms with Gasteiger partial charge in [0.15, 0.2) is 5.82 Å². The molecule has 0 spiro atoms. The molecule has 1 aliphatic carbocycles. The van der Waals surface area contributed by atoms with E-state index in [1.165, 1.54) is 18.4 Å². The molecule has 2 heterocycles. The molecule has 0 bridgehead atoms. The predicted octanol–water partition coefficient (Wildman–Crippen LogP) is 4.37. The molecule has 0 atom stereocenters. The molecule has 1 aliphatic heterocycles. The number of amides is 2. The zero-order valence-corrected chi connectivity index (χ0v) is 16.0. The van der Waals surface area contributed by atoms with Gasteiger partial charge in [-0.2, -0.15) is 5.10 Å². The summed E-state index contributed by atoms with van der Waals surface area (Å²) in [6.07, 6.45) is 9.46. The van der Waals surface area contributed by atoms with Crippen LogP contribution in [-0.4, -0.2) is 40.8 Å². The summed E-state index contributed by atoms with van der Waals surface area (Å²) < 4.78 is 5.89. The van der Waals surface area contributed by atoms with Crippen LogP contribution in [0.15, 0.2) is 48.2 Å². The number of anilines is 1. The summed E-state index contributed by atoms with van der Waals surface area (Å²) in [5.74, 6) is 2.31. The topological polar surface area (TPSA) is 67.4 Å². The SMILES string of the molecule is O=C(Nc1cccnn1)N1CCC(=Cc2cccc(OCCC3CC3)c2)CC1. The maximum absolute atomic E-state index is 12.3. The molecule has 146 valence electrons. The monoisotopic (exact) mass is 378 g/mol. The van der Waals surface area contributed by atoms with Gasteiger partial charge in [0.1, 0.15) is 5.75 Å². The van der Waals surface area contributed by atoms with Crippen molar-refractivity contribution in [3.63, 3.8) is 0 Å². The summed E-state index contributed by atoms with van der Waals surface area (Å²) in [4.78, 5) is 14.2. The highest BCUT2D eigenvalue weighted by Gasteiger charge is 2.21. The molecule has 2 aliphatic rings. The second-order valence-corrected chi connectivity index (χ2v) is 7.48. The van der Waals surface area contributed by atoms with Crippen molar-refractivity contribution in [1.82, 2.24) is 15.1 Å². The lowest BCUT2D eigenvalue weighted by molar-refractivity contribution is 0.207. The molecule has 6 nitrogen and oxygen atoms in total. The Hall–Kier alpha value is -2.89. The summed E-state index contributed by atoms with van der Waals surface area (Å²) in [5.41, 5.74) is 2.52. The molecule has 1 N–H and O–H groups in total. The van der Waals surface area contributed by atoms with Crippen molar-refractivity contribution in [2.24, 2.45) is 5.92 Å². The highest BCUT2D eigenvalue weighted by molar-refractivity contribution is 5.88. The average Bonchev–Trinajstić information content (AvgIpc) is 3.54. The number of likely N-dealkylation sites (tertiary alicyclic amines) is 1. The Kier molecular flexibility index (Phi) is 5.85. The highest BCUT2D eigenvalue weighted by Crippen LogP contribution is 2.32. The summed E-state index contributed by atoms with van der Waals surface area (Å²) in [6, 6.07) is 11.6. The van der Waals surface area contributed by atoms with Crippen LogP contribution in [-0.2, 0) is 0 Å². The van der Waals surface area contributed by atoms with Crippen molar-refractivity contribution in [2.75, 3.05) is 25.0 Å². The molecule has 1 saturated carbocycles.